The first-order valence-electron chi connectivity index (χ1n) is 27.6. The van der Waals surface area contributed by atoms with Gasteiger partial charge in [-0.25, -0.2) is 0 Å². The lowest BCUT2D eigenvalue weighted by Crippen LogP contribution is -2.30. The van der Waals surface area contributed by atoms with Crippen molar-refractivity contribution in [3.05, 3.63) is 85.1 Å². The molecule has 0 aromatic carbocycles. The van der Waals surface area contributed by atoms with E-state index < -0.39 is 6.10 Å². The zero-order chi connectivity index (χ0) is 47.9. The van der Waals surface area contributed by atoms with Crippen molar-refractivity contribution in [1.29, 1.82) is 0 Å². The van der Waals surface area contributed by atoms with Crippen LogP contribution >= 0.6 is 0 Å². The smallest absolute Gasteiger partial charge is 0.306 e. The Labute approximate surface area is 407 Å². The molecule has 0 saturated carbocycles. The fraction of sp³-hybridized carbons (Fsp3) is 0.717. The molecular formula is C60H102O6. The summed E-state index contributed by atoms with van der Waals surface area (Å²) in [6.07, 6.45) is 70.3. The third kappa shape index (κ3) is 51.6. The molecule has 0 radical (unpaired) electrons. The van der Waals surface area contributed by atoms with Crippen LogP contribution in [0.15, 0.2) is 85.1 Å². The Kier molecular flexibility index (Phi) is 51.4. The molecule has 6 heteroatoms. The van der Waals surface area contributed by atoms with Gasteiger partial charge >= 0.3 is 17.9 Å². The zero-order valence-corrected chi connectivity index (χ0v) is 43.2. The maximum absolute atomic E-state index is 12.8. The van der Waals surface area contributed by atoms with Crippen LogP contribution in [0.5, 0.6) is 0 Å². The SMILES string of the molecule is CC/C=C\C/C=C\C/C=C\C/C=C\CCCCCCCCCCCCCCC(=O)OCC(COC(=O)CCCCCCCC)OC(=O)CCCCCCCCC/C=C\C/C=C\C/C=C\CC. The molecule has 0 aromatic rings. The topological polar surface area (TPSA) is 78.9 Å². The Balaban J connectivity index is 4.14. The van der Waals surface area contributed by atoms with Gasteiger partial charge in [0.05, 0.1) is 0 Å². The molecule has 0 bridgehead atoms. The van der Waals surface area contributed by atoms with Gasteiger partial charge in [-0.2, -0.15) is 0 Å². The molecule has 0 amide bonds. The molecular weight excluding hydrogens is 817 g/mol. The van der Waals surface area contributed by atoms with E-state index >= 15 is 0 Å². The summed E-state index contributed by atoms with van der Waals surface area (Å²) in [5, 5.41) is 0. The largest absolute Gasteiger partial charge is 0.462 e. The summed E-state index contributed by atoms with van der Waals surface area (Å²) in [6, 6.07) is 0. The minimum atomic E-state index is -0.779. The predicted molar refractivity (Wildman–Crippen MR) is 284 cm³/mol. The normalized spacial score (nSPS) is 12.7. The molecule has 0 fully saturated rings. The number of esters is 3. The summed E-state index contributed by atoms with van der Waals surface area (Å²) in [7, 11) is 0. The molecule has 0 aliphatic heterocycles. The minimum absolute atomic E-state index is 0.0805. The number of allylic oxidation sites excluding steroid dienone is 14. The molecule has 0 rings (SSSR count). The summed E-state index contributed by atoms with van der Waals surface area (Å²) < 4.78 is 16.7. The third-order valence-corrected chi connectivity index (χ3v) is 11.6. The van der Waals surface area contributed by atoms with Crippen molar-refractivity contribution < 1.29 is 28.6 Å². The number of carbonyl (C=O) groups is 3. The number of ether oxygens (including phenoxy) is 3. The molecule has 0 saturated heterocycles. The average Bonchev–Trinajstić information content (AvgIpc) is 3.31. The maximum atomic E-state index is 12.8. The molecule has 1 unspecified atom stereocenters. The number of carbonyl (C=O) groups excluding carboxylic acids is 3. The Morgan fingerprint density at radius 2 is 0.591 bits per heavy atom. The lowest BCUT2D eigenvalue weighted by atomic mass is 10.0. The predicted octanol–water partition coefficient (Wildman–Crippen LogP) is 18.4. The van der Waals surface area contributed by atoms with Gasteiger partial charge in [0.1, 0.15) is 13.2 Å². The number of hydrogen-bond donors (Lipinski definition) is 0. The van der Waals surface area contributed by atoms with Crippen molar-refractivity contribution in [3.63, 3.8) is 0 Å². The quantitative estimate of drug-likeness (QED) is 0.0262. The van der Waals surface area contributed by atoms with E-state index in [2.05, 4.69) is 106 Å². The summed E-state index contributed by atoms with van der Waals surface area (Å²) in [5.41, 5.74) is 0. The van der Waals surface area contributed by atoms with E-state index in [1.807, 2.05) is 0 Å². The van der Waals surface area contributed by atoms with Crippen LogP contribution in [-0.4, -0.2) is 37.2 Å². The van der Waals surface area contributed by atoms with Gasteiger partial charge in [0.15, 0.2) is 6.10 Å². The Morgan fingerprint density at radius 3 is 0.924 bits per heavy atom. The summed E-state index contributed by atoms with van der Waals surface area (Å²) >= 11 is 0. The fourth-order valence-electron chi connectivity index (χ4n) is 7.57. The van der Waals surface area contributed by atoms with Crippen LogP contribution in [0.4, 0.5) is 0 Å². The fourth-order valence-corrected chi connectivity index (χ4v) is 7.57. The first kappa shape index (κ1) is 62.6. The third-order valence-electron chi connectivity index (χ3n) is 11.6. The molecule has 0 aliphatic carbocycles. The standard InChI is InChI=1S/C60H102O6/c1-4-7-10-13-16-18-20-22-24-26-27-28-29-30-31-32-33-35-36-38-40-42-44-47-50-53-59(62)65-56-57(55-64-58(61)52-49-46-15-12-9-6-3)66-60(63)54-51-48-45-43-41-39-37-34-25-23-21-19-17-14-11-8-5-2/h7-8,10-11,16-19,22-25,27-28,57H,4-6,9,12-15,20-21,26,29-56H2,1-3H3/b10-7-,11-8-,18-16-,19-17-,24-22-,25-23-,28-27-. The molecule has 378 valence electrons. The molecule has 0 heterocycles. The number of unbranched alkanes of at least 4 members (excludes halogenated alkanes) is 24. The summed E-state index contributed by atoms with van der Waals surface area (Å²) in [4.78, 5) is 37.8. The van der Waals surface area contributed by atoms with E-state index in [4.69, 9.17) is 14.2 Å². The molecule has 66 heavy (non-hydrogen) atoms. The van der Waals surface area contributed by atoms with Crippen molar-refractivity contribution in [2.45, 2.75) is 264 Å². The van der Waals surface area contributed by atoms with E-state index in [-0.39, 0.29) is 31.1 Å². The summed E-state index contributed by atoms with van der Waals surface area (Å²) in [5.74, 6) is -0.899. The van der Waals surface area contributed by atoms with E-state index in [1.54, 1.807) is 0 Å². The molecule has 6 nitrogen and oxygen atoms in total. The van der Waals surface area contributed by atoms with Crippen LogP contribution in [0.25, 0.3) is 0 Å². The average molecular weight is 919 g/mol. The van der Waals surface area contributed by atoms with Crippen molar-refractivity contribution in [2.75, 3.05) is 13.2 Å². The monoisotopic (exact) mass is 919 g/mol. The van der Waals surface area contributed by atoms with Crippen LogP contribution in [-0.2, 0) is 28.6 Å². The van der Waals surface area contributed by atoms with Crippen LogP contribution in [0.2, 0.25) is 0 Å². The van der Waals surface area contributed by atoms with Gasteiger partial charge in [-0.3, -0.25) is 14.4 Å². The van der Waals surface area contributed by atoms with E-state index in [0.717, 1.165) is 109 Å². The van der Waals surface area contributed by atoms with E-state index in [0.29, 0.717) is 19.3 Å². The van der Waals surface area contributed by atoms with Crippen LogP contribution in [0.1, 0.15) is 258 Å². The van der Waals surface area contributed by atoms with Gasteiger partial charge in [-0.1, -0.05) is 234 Å². The maximum Gasteiger partial charge on any atom is 0.306 e. The molecule has 0 aliphatic rings. The molecule has 0 aromatic heterocycles. The second kappa shape index (κ2) is 54.2. The second-order valence-corrected chi connectivity index (χ2v) is 18.1. The summed E-state index contributed by atoms with van der Waals surface area (Å²) in [6.45, 7) is 6.35. The zero-order valence-electron chi connectivity index (χ0n) is 43.2. The lowest BCUT2D eigenvalue weighted by molar-refractivity contribution is -0.167. The van der Waals surface area contributed by atoms with Crippen molar-refractivity contribution in [1.82, 2.24) is 0 Å². The van der Waals surface area contributed by atoms with Crippen LogP contribution in [0, 0.1) is 0 Å². The Morgan fingerprint density at radius 1 is 0.318 bits per heavy atom. The van der Waals surface area contributed by atoms with Gasteiger partial charge in [0.2, 0.25) is 0 Å². The first-order chi connectivity index (χ1) is 32.5. The van der Waals surface area contributed by atoms with Crippen LogP contribution in [0.3, 0.4) is 0 Å². The lowest BCUT2D eigenvalue weighted by Gasteiger charge is -2.18. The highest BCUT2D eigenvalue weighted by molar-refractivity contribution is 5.71. The van der Waals surface area contributed by atoms with Gasteiger partial charge in [-0.05, 0) is 89.9 Å². The van der Waals surface area contributed by atoms with E-state index in [1.165, 1.54) is 109 Å². The molecule has 0 spiro atoms. The van der Waals surface area contributed by atoms with Gasteiger partial charge in [0.25, 0.3) is 0 Å². The van der Waals surface area contributed by atoms with Gasteiger partial charge < -0.3 is 14.2 Å². The minimum Gasteiger partial charge on any atom is -0.462 e. The van der Waals surface area contributed by atoms with Crippen molar-refractivity contribution >= 4 is 17.9 Å². The molecule has 1 atom stereocenters. The molecule has 0 N–H and O–H groups in total. The van der Waals surface area contributed by atoms with Crippen molar-refractivity contribution in [2.24, 2.45) is 0 Å². The highest BCUT2D eigenvalue weighted by Gasteiger charge is 2.19. The number of hydrogen-bond acceptors (Lipinski definition) is 6. The second-order valence-electron chi connectivity index (χ2n) is 18.1. The van der Waals surface area contributed by atoms with Crippen molar-refractivity contribution in [3.8, 4) is 0 Å². The first-order valence-corrected chi connectivity index (χ1v) is 27.6. The highest BCUT2D eigenvalue weighted by atomic mass is 16.6. The van der Waals surface area contributed by atoms with Gasteiger partial charge in [0, 0.05) is 19.3 Å². The highest BCUT2D eigenvalue weighted by Crippen LogP contribution is 2.15. The van der Waals surface area contributed by atoms with Gasteiger partial charge in [-0.15, -0.1) is 0 Å². The number of rotatable bonds is 49. The van der Waals surface area contributed by atoms with Crippen LogP contribution < -0.4 is 0 Å². The Bertz CT molecular complexity index is 1290. The Hall–Kier alpha value is -3.41. The van der Waals surface area contributed by atoms with E-state index in [9.17, 15) is 14.4 Å².